The third kappa shape index (κ3) is 7.02. The highest BCUT2D eigenvalue weighted by Crippen LogP contribution is 2.35. The second-order valence-electron chi connectivity index (χ2n) is 15.9. The molecule has 4 aliphatic heterocycles. The van der Waals surface area contributed by atoms with Gasteiger partial charge in [0.05, 0.1) is 35.2 Å². The molecule has 304 valence electrons. The number of aromatic nitrogens is 5. The molecule has 1 unspecified atom stereocenters. The number of imide groups is 2. The average Bonchev–Trinajstić information content (AvgIpc) is 3.94. The van der Waals surface area contributed by atoms with Gasteiger partial charge in [0.1, 0.15) is 23.5 Å². The molecule has 7 heterocycles. The van der Waals surface area contributed by atoms with Gasteiger partial charge in [0.2, 0.25) is 17.7 Å². The van der Waals surface area contributed by atoms with Gasteiger partial charge in [0.25, 0.3) is 17.7 Å². The van der Waals surface area contributed by atoms with Crippen LogP contribution in [0.15, 0.2) is 42.9 Å². The number of piperazine rings is 1. The molecule has 0 radical (unpaired) electrons. The topological polar surface area (TPSA) is 237 Å². The van der Waals surface area contributed by atoms with Gasteiger partial charge in [-0.15, -0.1) is 0 Å². The number of rotatable bonds is 7. The van der Waals surface area contributed by atoms with E-state index in [9.17, 15) is 34.0 Å². The van der Waals surface area contributed by atoms with Crippen molar-refractivity contribution in [1.29, 1.82) is 5.26 Å². The maximum Gasteiger partial charge on any atom is 0.262 e. The van der Waals surface area contributed by atoms with E-state index in [1.54, 1.807) is 39.8 Å². The average molecular weight is 802 g/mol. The van der Waals surface area contributed by atoms with Crippen LogP contribution in [0.2, 0.25) is 0 Å². The van der Waals surface area contributed by atoms with Crippen molar-refractivity contribution in [3.8, 4) is 6.07 Å². The van der Waals surface area contributed by atoms with E-state index in [2.05, 4.69) is 36.7 Å². The van der Waals surface area contributed by atoms with Crippen LogP contribution in [-0.4, -0.2) is 121 Å². The first-order chi connectivity index (χ1) is 28.6. The predicted molar refractivity (Wildman–Crippen MR) is 210 cm³/mol. The molecule has 3 aromatic heterocycles. The fourth-order valence-electron chi connectivity index (χ4n) is 9.04. The summed E-state index contributed by atoms with van der Waals surface area (Å²) in [5.41, 5.74) is 8.42. The molecular formula is C40H43N13O6. The third-order valence-electron chi connectivity index (χ3n) is 12.3. The van der Waals surface area contributed by atoms with Crippen LogP contribution in [0.5, 0.6) is 0 Å². The van der Waals surface area contributed by atoms with Gasteiger partial charge in [-0.1, -0.05) is 0 Å². The molecule has 1 aromatic carbocycles. The first-order valence-corrected chi connectivity index (χ1v) is 20.1. The number of carbonyl (C=O) groups excluding carboxylic acids is 6. The zero-order valence-electron chi connectivity index (χ0n) is 32.2. The molecule has 1 aliphatic carbocycles. The molecular weight excluding hydrogens is 759 g/mol. The normalized spacial score (nSPS) is 23.7. The van der Waals surface area contributed by atoms with Gasteiger partial charge >= 0.3 is 0 Å². The summed E-state index contributed by atoms with van der Waals surface area (Å²) in [6.45, 7) is 3.58. The zero-order chi connectivity index (χ0) is 40.9. The van der Waals surface area contributed by atoms with Crippen molar-refractivity contribution in [1.82, 2.24) is 39.5 Å². The van der Waals surface area contributed by atoms with Crippen molar-refractivity contribution < 1.29 is 28.8 Å². The van der Waals surface area contributed by atoms with Gasteiger partial charge in [0.15, 0.2) is 11.3 Å². The molecule has 4 fully saturated rings. The number of amides is 6. The summed E-state index contributed by atoms with van der Waals surface area (Å²) in [6, 6.07) is 7.99. The van der Waals surface area contributed by atoms with Crippen LogP contribution in [0.3, 0.4) is 0 Å². The van der Waals surface area contributed by atoms with Gasteiger partial charge in [-0.3, -0.25) is 43.7 Å². The Labute approximate surface area is 338 Å². The van der Waals surface area contributed by atoms with Crippen molar-refractivity contribution in [2.75, 3.05) is 54.4 Å². The number of hydrogen-bond acceptors (Lipinski definition) is 13. The first kappa shape index (κ1) is 37.9. The van der Waals surface area contributed by atoms with Crippen LogP contribution >= 0.6 is 0 Å². The second-order valence-corrected chi connectivity index (χ2v) is 15.9. The third-order valence-corrected chi connectivity index (χ3v) is 12.3. The highest BCUT2D eigenvalue weighted by atomic mass is 16.2. The molecule has 3 saturated heterocycles. The number of benzene rings is 1. The van der Waals surface area contributed by atoms with Gasteiger partial charge in [0, 0.05) is 69.5 Å². The number of hydrogen-bond donors (Lipinski definition) is 3. The maximum atomic E-state index is 13.7. The lowest BCUT2D eigenvalue weighted by atomic mass is 9.85. The number of fused-ring (bicyclic) bond motifs is 2. The smallest absolute Gasteiger partial charge is 0.262 e. The van der Waals surface area contributed by atoms with Crippen LogP contribution in [0.25, 0.3) is 5.65 Å². The molecule has 5 aliphatic rings. The minimum atomic E-state index is -1.03. The zero-order valence-corrected chi connectivity index (χ0v) is 32.2. The summed E-state index contributed by atoms with van der Waals surface area (Å²) >= 11 is 0. The van der Waals surface area contributed by atoms with Crippen LogP contribution in [-0.2, 0) is 14.4 Å². The van der Waals surface area contributed by atoms with E-state index in [4.69, 9.17) is 10.7 Å². The number of nitrogens with one attached hydrogen (secondary N) is 2. The number of anilines is 3. The number of nitrogens with two attached hydrogens (primary N) is 1. The summed E-state index contributed by atoms with van der Waals surface area (Å²) in [6.07, 6.45) is 9.61. The predicted octanol–water partition coefficient (Wildman–Crippen LogP) is 1.46. The van der Waals surface area contributed by atoms with E-state index in [1.807, 2.05) is 11.0 Å². The van der Waals surface area contributed by atoms with E-state index < -0.39 is 35.6 Å². The Hall–Kier alpha value is -6.68. The lowest BCUT2D eigenvalue weighted by Gasteiger charge is -2.39. The number of nitriles is 1. The Bertz CT molecular complexity index is 2440. The molecule has 1 saturated carbocycles. The minimum Gasteiger partial charge on any atom is -0.368 e. The Kier molecular flexibility index (Phi) is 9.79. The standard InChI is InChI=1S/C40H43N13O6/c41-19-30-31(44-36(55)29-20-43-51-13-11-33(45-35(29)51)50-12-1-2-24(42)21-50)22-52(47-30)25-5-3-23(4-6-25)38(57)49-16-14-48(15-17-49)26-7-8-27-28(18-26)40(59)53(39(27)58)32-9-10-34(54)46-37(32)56/h7-8,11,13,18,20,22-25,32H,1-6,9-10,12,14-17,21,42H2,(H,44,55)(H,46,54,56)/t23?,24-,25?,32?/m1/s1. The lowest BCUT2D eigenvalue weighted by Crippen LogP contribution is -2.54. The van der Waals surface area contributed by atoms with E-state index >= 15 is 0 Å². The molecule has 0 bridgehead atoms. The lowest BCUT2D eigenvalue weighted by molar-refractivity contribution is -0.137. The molecule has 2 atom stereocenters. The van der Waals surface area contributed by atoms with Crippen LogP contribution < -0.4 is 26.2 Å². The van der Waals surface area contributed by atoms with Gasteiger partial charge in [-0.2, -0.15) is 15.5 Å². The van der Waals surface area contributed by atoms with E-state index in [0.717, 1.165) is 35.8 Å². The van der Waals surface area contributed by atoms with Crippen LogP contribution in [0, 0.1) is 17.2 Å². The Morgan fingerprint density at radius 1 is 0.915 bits per heavy atom. The molecule has 19 heteroatoms. The fourth-order valence-corrected chi connectivity index (χ4v) is 9.04. The molecule has 4 aromatic rings. The number of carbonyl (C=O) groups is 6. The Morgan fingerprint density at radius 2 is 1.69 bits per heavy atom. The summed E-state index contributed by atoms with van der Waals surface area (Å²) in [5.74, 6) is -1.98. The van der Waals surface area contributed by atoms with Crippen molar-refractivity contribution in [2.45, 2.75) is 69.5 Å². The fraction of sp³-hybridized carbons (Fsp3) is 0.450. The van der Waals surface area contributed by atoms with Crippen molar-refractivity contribution >= 4 is 58.3 Å². The molecule has 9 rings (SSSR count). The summed E-state index contributed by atoms with van der Waals surface area (Å²) in [5, 5.41) is 23.8. The van der Waals surface area contributed by atoms with Crippen molar-refractivity contribution in [3.05, 3.63) is 65.2 Å². The van der Waals surface area contributed by atoms with Crippen molar-refractivity contribution in [3.63, 3.8) is 0 Å². The molecule has 0 spiro atoms. The highest BCUT2D eigenvalue weighted by Gasteiger charge is 2.45. The molecule has 6 amide bonds. The maximum absolute atomic E-state index is 13.7. The summed E-state index contributed by atoms with van der Waals surface area (Å²) < 4.78 is 3.26. The Balaban J connectivity index is 0.789. The summed E-state index contributed by atoms with van der Waals surface area (Å²) in [7, 11) is 0. The largest absolute Gasteiger partial charge is 0.368 e. The SMILES string of the molecule is N#Cc1nn(C2CCC(C(=O)N3CCN(c4ccc5c(c4)C(=O)N(C4CCC(=O)NC4=O)C5=O)CC3)CC2)cc1NC(=O)c1cnn2ccc(N3CCC[C@@H](N)C3)nc12. The molecule has 19 nitrogen and oxygen atoms in total. The van der Waals surface area contributed by atoms with Crippen LogP contribution in [0.1, 0.15) is 94.2 Å². The quantitative estimate of drug-likeness (QED) is 0.225. The van der Waals surface area contributed by atoms with Gasteiger partial charge < -0.3 is 25.8 Å². The number of nitrogens with zero attached hydrogens (tertiary/aromatic N) is 10. The Morgan fingerprint density at radius 3 is 2.44 bits per heavy atom. The van der Waals surface area contributed by atoms with E-state index in [0.29, 0.717) is 64.1 Å². The molecule has 4 N–H and O–H groups in total. The van der Waals surface area contributed by atoms with Crippen LogP contribution in [0.4, 0.5) is 17.2 Å². The monoisotopic (exact) mass is 801 g/mol. The van der Waals surface area contributed by atoms with E-state index in [-0.39, 0.29) is 64.8 Å². The van der Waals surface area contributed by atoms with Gasteiger partial charge in [-0.25, -0.2) is 9.50 Å². The highest BCUT2D eigenvalue weighted by molar-refractivity contribution is 6.23. The van der Waals surface area contributed by atoms with E-state index in [1.165, 1.54) is 6.20 Å². The second kappa shape index (κ2) is 15.2. The first-order valence-electron chi connectivity index (χ1n) is 20.1. The van der Waals surface area contributed by atoms with Crippen molar-refractivity contribution in [2.24, 2.45) is 11.7 Å². The summed E-state index contributed by atoms with van der Waals surface area (Å²) in [4.78, 5) is 89.5. The van der Waals surface area contributed by atoms with Gasteiger partial charge in [-0.05, 0) is 69.2 Å². The molecule has 59 heavy (non-hydrogen) atoms. The number of piperidine rings is 2. The minimum absolute atomic E-state index is 0.0499.